The average Bonchev–Trinajstić information content (AvgIpc) is 2.69. The normalized spacial score (nSPS) is 24.2. The minimum absolute atomic E-state index is 0.381. The van der Waals surface area contributed by atoms with Crippen molar-refractivity contribution in [1.29, 1.82) is 0 Å². The van der Waals surface area contributed by atoms with Gasteiger partial charge in [0.05, 0.1) is 5.54 Å². The van der Waals surface area contributed by atoms with E-state index in [0.29, 0.717) is 11.5 Å². The molecule has 0 aromatic carbocycles. The van der Waals surface area contributed by atoms with Gasteiger partial charge in [0.25, 0.3) is 0 Å². The number of aromatic amines is 1. The predicted molar refractivity (Wildman–Crippen MR) is 51.4 cm³/mol. The molecule has 0 amide bonds. The van der Waals surface area contributed by atoms with Gasteiger partial charge in [0.2, 0.25) is 5.82 Å². The van der Waals surface area contributed by atoms with E-state index in [0.717, 1.165) is 5.06 Å². The highest BCUT2D eigenvalue weighted by atomic mass is 16.5. The summed E-state index contributed by atoms with van der Waals surface area (Å²) in [6, 6.07) is 0. The predicted octanol–water partition coefficient (Wildman–Crippen LogP) is 0.165. The van der Waals surface area contributed by atoms with Crippen molar-refractivity contribution < 1.29 is 5.21 Å². The molecule has 0 atom stereocenters. The Balaban J connectivity index is 2.49. The van der Waals surface area contributed by atoms with Crippen molar-refractivity contribution in [2.45, 2.75) is 38.9 Å². The first-order valence-electron chi connectivity index (χ1n) is 4.67. The Labute approximate surface area is 87.2 Å². The minimum atomic E-state index is -0.778. The van der Waals surface area contributed by atoms with Crippen LogP contribution in [-0.4, -0.2) is 42.6 Å². The lowest BCUT2D eigenvalue weighted by atomic mass is 9.98. The maximum absolute atomic E-state index is 12.0. The standard InChI is InChI=1S/C8H13N6O/c1-7(2)5(6-10-12-13-11-6)9-8(3,4)14(7)15/h1-4H3,(H,10,11,12,13). The molecule has 0 bridgehead atoms. The highest BCUT2D eigenvalue weighted by molar-refractivity contribution is 6.05. The molecule has 0 unspecified atom stereocenters. The van der Waals surface area contributed by atoms with Crippen molar-refractivity contribution in [3.8, 4) is 0 Å². The van der Waals surface area contributed by atoms with E-state index in [1.807, 2.05) is 0 Å². The van der Waals surface area contributed by atoms with Gasteiger partial charge in [-0.1, -0.05) is 0 Å². The van der Waals surface area contributed by atoms with Gasteiger partial charge in [-0.05, 0) is 32.9 Å². The molecule has 7 heteroatoms. The summed E-state index contributed by atoms with van der Waals surface area (Å²) < 4.78 is 0. The van der Waals surface area contributed by atoms with E-state index in [1.165, 1.54) is 0 Å². The molecule has 1 N–H and O–H groups in total. The SMILES string of the molecule is CC1(C)N=C(c2nn[nH]n2)C(C)(C)N1[O]. The number of nitrogens with one attached hydrogen (secondary N) is 1. The largest absolute Gasteiger partial charge is 0.259 e. The third-order valence-corrected chi connectivity index (χ3v) is 2.53. The van der Waals surface area contributed by atoms with Gasteiger partial charge in [0.15, 0.2) is 0 Å². The fraction of sp³-hybridized carbons (Fsp3) is 0.750. The molecule has 2 rings (SSSR count). The van der Waals surface area contributed by atoms with Crippen molar-refractivity contribution in [3.05, 3.63) is 5.82 Å². The number of tetrazole rings is 1. The van der Waals surface area contributed by atoms with Crippen LogP contribution in [0.4, 0.5) is 0 Å². The Kier molecular flexibility index (Phi) is 1.92. The van der Waals surface area contributed by atoms with E-state index in [1.54, 1.807) is 27.7 Å². The van der Waals surface area contributed by atoms with Gasteiger partial charge in [-0.3, -0.25) is 4.99 Å². The molecule has 1 aliphatic heterocycles. The van der Waals surface area contributed by atoms with E-state index in [2.05, 4.69) is 25.6 Å². The molecule has 1 aromatic heterocycles. The van der Waals surface area contributed by atoms with Crippen molar-refractivity contribution in [3.63, 3.8) is 0 Å². The second-order valence-electron chi connectivity index (χ2n) is 4.54. The van der Waals surface area contributed by atoms with E-state index in [9.17, 15) is 5.21 Å². The van der Waals surface area contributed by atoms with Crippen LogP contribution in [0.25, 0.3) is 0 Å². The molecule has 0 spiro atoms. The lowest BCUT2D eigenvalue weighted by Crippen LogP contribution is -2.49. The summed E-state index contributed by atoms with van der Waals surface area (Å²) in [5.41, 5.74) is -0.941. The number of nitrogens with zero attached hydrogens (tertiary/aromatic N) is 5. The fourth-order valence-corrected chi connectivity index (χ4v) is 1.82. The van der Waals surface area contributed by atoms with E-state index in [4.69, 9.17) is 0 Å². The maximum atomic E-state index is 12.0. The maximum Gasteiger partial charge on any atom is 0.220 e. The van der Waals surface area contributed by atoms with E-state index >= 15 is 0 Å². The van der Waals surface area contributed by atoms with Crippen LogP contribution in [-0.2, 0) is 5.21 Å². The summed E-state index contributed by atoms with van der Waals surface area (Å²) in [5, 5.41) is 26.4. The number of aliphatic imine (C=N–C) groups is 1. The first-order chi connectivity index (χ1) is 6.86. The van der Waals surface area contributed by atoms with Crippen molar-refractivity contribution in [1.82, 2.24) is 25.7 Å². The Morgan fingerprint density at radius 2 is 1.93 bits per heavy atom. The molecule has 2 heterocycles. The monoisotopic (exact) mass is 209 g/mol. The molecule has 1 aromatic rings. The minimum Gasteiger partial charge on any atom is -0.259 e. The second-order valence-corrected chi connectivity index (χ2v) is 4.54. The van der Waals surface area contributed by atoms with Gasteiger partial charge < -0.3 is 0 Å². The Morgan fingerprint density at radius 1 is 1.27 bits per heavy atom. The molecule has 1 radical (unpaired) electrons. The van der Waals surface area contributed by atoms with Crippen LogP contribution in [0.15, 0.2) is 4.99 Å². The van der Waals surface area contributed by atoms with Crippen LogP contribution in [0.5, 0.6) is 0 Å². The summed E-state index contributed by atoms with van der Waals surface area (Å²) in [5.74, 6) is 0.381. The number of rotatable bonds is 1. The smallest absolute Gasteiger partial charge is 0.220 e. The lowest BCUT2D eigenvalue weighted by molar-refractivity contribution is -0.240. The van der Waals surface area contributed by atoms with Crippen LogP contribution < -0.4 is 0 Å². The zero-order valence-corrected chi connectivity index (χ0v) is 9.14. The molecule has 0 fully saturated rings. The molecular formula is C8H13N6O. The Hall–Kier alpha value is -1.34. The summed E-state index contributed by atoms with van der Waals surface area (Å²) in [4.78, 5) is 4.34. The molecule has 81 valence electrons. The zero-order valence-electron chi connectivity index (χ0n) is 9.14. The summed E-state index contributed by atoms with van der Waals surface area (Å²) in [7, 11) is 0. The molecule has 0 saturated heterocycles. The number of H-pyrrole nitrogens is 1. The van der Waals surface area contributed by atoms with Crippen LogP contribution in [0.3, 0.4) is 0 Å². The van der Waals surface area contributed by atoms with Crippen molar-refractivity contribution >= 4 is 5.71 Å². The quantitative estimate of drug-likeness (QED) is 0.713. The third-order valence-electron chi connectivity index (χ3n) is 2.53. The molecule has 7 nitrogen and oxygen atoms in total. The molecule has 1 aliphatic rings. The van der Waals surface area contributed by atoms with E-state index < -0.39 is 11.2 Å². The lowest BCUT2D eigenvalue weighted by Gasteiger charge is -2.30. The van der Waals surface area contributed by atoms with Gasteiger partial charge >= 0.3 is 0 Å². The number of hydrogen-bond acceptors (Lipinski definition) is 5. The first kappa shape index (κ1) is 10.2. The van der Waals surface area contributed by atoms with Crippen molar-refractivity contribution in [2.24, 2.45) is 4.99 Å². The van der Waals surface area contributed by atoms with Gasteiger partial charge in [0.1, 0.15) is 11.4 Å². The number of aromatic nitrogens is 4. The summed E-state index contributed by atoms with van der Waals surface area (Å²) in [6.07, 6.45) is 0. The van der Waals surface area contributed by atoms with Crippen LogP contribution in [0.1, 0.15) is 33.5 Å². The van der Waals surface area contributed by atoms with Gasteiger partial charge in [-0.25, -0.2) is 0 Å². The molecular weight excluding hydrogens is 196 g/mol. The van der Waals surface area contributed by atoms with Crippen LogP contribution >= 0.6 is 0 Å². The second kappa shape index (κ2) is 2.83. The van der Waals surface area contributed by atoms with Crippen LogP contribution in [0, 0.1) is 0 Å². The fourth-order valence-electron chi connectivity index (χ4n) is 1.82. The van der Waals surface area contributed by atoms with Gasteiger partial charge in [0, 0.05) is 0 Å². The summed E-state index contributed by atoms with van der Waals surface area (Å²) >= 11 is 0. The highest BCUT2D eigenvalue weighted by Gasteiger charge is 2.50. The van der Waals surface area contributed by atoms with E-state index in [-0.39, 0.29) is 0 Å². The Bertz CT molecular complexity index is 393. The van der Waals surface area contributed by atoms with Gasteiger partial charge in [-0.2, -0.15) is 5.21 Å². The summed E-state index contributed by atoms with van der Waals surface area (Å²) in [6.45, 7) is 7.11. The highest BCUT2D eigenvalue weighted by Crippen LogP contribution is 2.34. The Morgan fingerprint density at radius 3 is 2.33 bits per heavy atom. The third kappa shape index (κ3) is 1.35. The molecule has 0 saturated carbocycles. The number of hydroxylamine groups is 2. The number of hydrogen-bond donors (Lipinski definition) is 1. The first-order valence-corrected chi connectivity index (χ1v) is 4.67. The molecule has 15 heavy (non-hydrogen) atoms. The molecule has 0 aliphatic carbocycles. The van der Waals surface area contributed by atoms with Gasteiger partial charge in [-0.15, -0.1) is 20.5 Å². The van der Waals surface area contributed by atoms with Crippen molar-refractivity contribution in [2.75, 3.05) is 0 Å². The average molecular weight is 209 g/mol. The van der Waals surface area contributed by atoms with Crippen LogP contribution in [0.2, 0.25) is 0 Å². The topological polar surface area (TPSA) is 90.0 Å². The zero-order chi connectivity index (χ0) is 11.3.